The van der Waals surface area contributed by atoms with Crippen LogP contribution in [0.15, 0.2) is 46.9 Å². The number of fused-ring (bicyclic) bond motifs is 1. The van der Waals surface area contributed by atoms with E-state index in [1.54, 1.807) is 11.3 Å². The quantitative estimate of drug-likeness (QED) is 0.624. The fourth-order valence-corrected chi connectivity index (χ4v) is 4.41. The van der Waals surface area contributed by atoms with Gasteiger partial charge in [-0.05, 0) is 48.9 Å². The molecule has 0 bridgehead atoms. The highest BCUT2D eigenvalue weighted by Crippen LogP contribution is 2.30. The van der Waals surface area contributed by atoms with Gasteiger partial charge >= 0.3 is 0 Å². The lowest BCUT2D eigenvalue weighted by molar-refractivity contribution is 0.0747. The lowest BCUT2D eigenvalue weighted by Crippen LogP contribution is -2.48. The summed E-state index contributed by atoms with van der Waals surface area (Å²) in [6.07, 6.45) is 0. The van der Waals surface area contributed by atoms with Gasteiger partial charge in [0.15, 0.2) is 5.13 Å². The molecule has 0 saturated carbocycles. The molecule has 6 heteroatoms. The van der Waals surface area contributed by atoms with Crippen LogP contribution >= 0.6 is 27.3 Å². The van der Waals surface area contributed by atoms with E-state index in [1.165, 1.54) is 10.3 Å². The minimum absolute atomic E-state index is 0.104. The van der Waals surface area contributed by atoms with Gasteiger partial charge in [-0.1, -0.05) is 33.3 Å². The van der Waals surface area contributed by atoms with Gasteiger partial charge in [0, 0.05) is 36.2 Å². The van der Waals surface area contributed by atoms with Crippen molar-refractivity contribution in [3.05, 3.63) is 58.1 Å². The van der Waals surface area contributed by atoms with Gasteiger partial charge < -0.3 is 9.80 Å². The van der Waals surface area contributed by atoms with Crippen molar-refractivity contribution in [1.29, 1.82) is 0 Å². The van der Waals surface area contributed by atoms with Gasteiger partial charge in [0.05, 0.1) is 10.2 Å². The van der Waals surface area contributed by atoms with Crippen LogP contribution in [0.3, 0.4) is 0 Å². The Labute approximate surface area is 159 Å². The Bertz CT molecular complexity index is 914. The van der Waals surface area contributed by atoms with Crippen LogP contribution in [-0.2, 0) is 0 Å². The summed E-state index contributed by atoms with van der Waals surface area (Å²) in [5, 5.41) is 1.05. The van der Waals surface area contributed by atoms with Crippen molar-refractivity contribution in [1.82, 2.24) is 9.88 Å². The summed E-state index contributed by atoms with van der Waals surface area (Å²) in [4.78, 5) is 21.6. The lowest BCUT2D eigenvalue weighted by Gasteiger charge is -2.34. The number of benzene rings is 2. The Morgan fingerprint density at radius 1 is 1.08 bits per heavy atom. The smallest absolute Gasteiger partial charge is 0.253 e. The summed E-state index contributed by atoms with van der Waals surface area (Å²) in [6.45, 7) is 5.20. The van der Waals surface area contributed by atoms with Crippen molar-refractivity contribution in [2.45, 2.75) is 6.92 Å². The summed E-state index contributed by atoms with van der Waals surface area (Å²) >= 11 is 5.14. The third kappa shape index (κ3) is 3.41. The number of aryl methyl sites for hydroxylation is 1. The third-order valence-electron chi connectivity index (χ3n) is 4.46. The van der Waals surface area contributed by atoms with Gasteiger partial charge in [-0.15, -0.1) is 0 Å². The van der Waals surface area contributed by atoms with Crippen molar-refractivity contribution in [2.75, 3.05) is 31.1 Å². The summed E-state index contributed by atoms with van der Waals surface area (Å²) in [5.41, 5.74) is 3.05. The number of carbonyl (C=O) groups is 1. The molecule has 1 aromatic heterocycles. The Kier molecular flexibility index (Phi) is 4.48. The van der Waals surface area contributed by atoms with Gasteiger partial charge in [0.25, 0.3) is 5.91 Å². The lowest BCUT2D eigenvalue weighted by atomic mass is 10.2. The molecule has 1 fully saturated rings. The maximum Gasteiger partial charge on any atom is 0.253 e. The first kappa shape index (κ1) is 16.5. The van der Waals surface area contributed by atoms with E-state index in [4.69, 9.17) is 4.98 Å². The zero-order valence-electron chi connectivity index (χ0n) is 13.9. The predicted molar refractivity (Wildman–Crippen MR) is 107 cm³/mol. The van der Waals surface area contributed by atoms with E-state index < -0.39 is 0 Å². The molecular weight excluding hydrogens is 398 g/mol. The Morgan fingerprint density at radius 2 is 1.80 bits per heavy atom. The summed E-state index contributed by atoms with van der Waals surface area (Å²) < 4.78 is 2.21. The molecule has 0 spiro atoms. The van der Waals surface area contributed by atoms with E-state index in [0.29, 0.717) is 0 Å². The zero-order chi connectivity index (χ0) is 17.4. The van der Waals surface area contributed by atoms with Crippen LogP contribution in [0.25, 0.3) is 10.2 Å². The second-order valence-corrected chi connectivity index (χ2v) is 8.18. The van der Waals surface area contributed by atoms with Crippen LogP contribution in [0.1, 0.15) is 15.9 Å². The number of anilines is 1. The highest BCUT2D eigenvalue weighted by Gasteiger charge is 2.23. The summed E-state index contributed by atoms with van der Waals surface area (Å²) in [5.74, 6) is 0.104. The fourth-order valence-electron chi connectivity index (χ4n) is 3.03. The Balaban J connectivity index is 1.45. The highest BCUT2D eigenvalue weighted by molar-refractivity contribution is 9.10. The molecule has 25 heavy (non-hydrogen) atoms. The minimum atomic E-state index is 0.104. The number of amides is 1. The summed E-state index contributed by atoms with van der Waals surface area (Å²) in [6, 6.07) is 13.9. The predicted octanol–water partition coefficient (Wildman–Crippen LogP) is 4.33. The SMILES string of the molecule is Cc1ccc2nc(N3CCN(C(=O)c4ccc(Br)cc4)CC3)sc2c1. The number of hydrogen-bond donors (Lipinski definition) is 0. The first-order chi connectivity index (χ1) is 12.1. The second kappa shape index (κ2) is 6.77. The largest absolute Gasteiger partial charge is 0.345 e. The number of rotatable bonds is 2. The van der Waals surface area contributed by atoms with Crippen LogP contribution in [0.4, 0.5) is 5.13 Å². The van der Waals surface area contributed by atoms with Crippen molar-refractivity contribution in [2.24, 2.45) is 0 Å². The number of carbonyl (C=O) groups excluding carboxylic acids is 1. The Hall–Kier alpha value is -1.92. The Morgan fingerprint density at radius 3 is 2.52 bits per heavy atom. The van der Waals surface area contributed by atoms with E-state index in [-0.39, 0.29) is 5.91 Å². The number of nitrogens with zero attached hydrogens (tertiary/aromatic N) is 3. The standard InChI is InChI=1S/C19H18BrN3OS/c1-13-2-7-16-17(12-13)25-19(21-16)23-10-8-22(9-11-23)18(24)14-3-5-15(20)6-4-14/h2-7,12H,8-11H2,1H3. The molecule has 1 amide bonds. The second-order valence-electron chi connectivity index (χ2n) is 6.25. The molecule has 4 rings (SSSR count). The average Bonchev–Trinajstić information content (AvgIpc) is 3.05. The first-order valence-electron chi connectivity index (χ1n) is 8.27. The topological polar surface area (TPSA) is 36.4 Å². The van der Waals surface area contributed by atoms with E-state index in [0.717, 1.165) is 46.9 Å². The minimum Gasteiger partial charge on any atom is -0.345 e. The molecule has 2 aromatic carbocycles. The van der Waals surface area contributed by atoms with Crippen molar-refractivity contribution in [3.8, 4) is 0 Å². The molecule has 0 unspecified atom stereocenters. The average molecular weight is 416 g/mol. The van der Waals surface area contributed by atoms with Gasteiger partial charge in [0.1, 0.15) is 0 Å². The highest BCUT2D eigenvalue weighted by atomic mass is 79.9. The van der Waals surface area contributed by atoms with Crippen LogP contribution < -0.4 is 4.90 Å². The molecule has 1 aliphatic rings. The molecule has 1 saturated heterocycles. The van der Waals surface area contributed by atoms with Crippen LogP contribution in [-0.4, -0.2) is 42.0 Å². The van der Waals surface area contributed by atoms with Crippen molar-refractivity contribution >= 4 is 48.5 Å². The van der Waals surface area contributed by atoms with Gasteiger partial charge in [-0.25, -0.2) is 4.98 Å². The van der Waals surface area contributed by atoms with Crippen molar-refractivity contribution in [3.63, 3.8) is 0 Å². The van der Waals surface area contributed by atoms with Gasteiger partial charge in [-0.3, -0.25) is 4.79 Å². The normalized spacial score (nSPS) is 15.0. The van der Waals surface area contributed by atoms with E-state index in [1.807, 2.05) is 29.2 Å². The monoisotopic (exact) mass is 415 g/mol. The van der Waals surface area contributed by atoms with E-state index in [2.05, 4.69) is 46.0 Å². The van der Waals surface area contributed by atoms with Gasteiger partial charge in [-0.2, -0.15) is 0 Å². The number of thiazole rings is 1. The fraction of sp³-hybridized carbons (Fsp3) is 0.263. The maximum atomic E-state index is 12.6. The first-order valence-corrected chi connectivity index (χ1v) is 9.88. The molecule has 2 heterocycles. The van der Waals surface area contributed by atoms with Crippen LogP contribution in [0, 0.1) is 6.92 Å². The molecule has 0 atom stereocenters. The number of halogens is 1. The molecule has 0 aliphatic carbocycles. The number of hydrogen-bond acceptors (Lipinski definition) is 4. The molecule has 128 valence electrons. The maximum absolute atomic E-state index is 12.6. The van der Waals surface area contributed by atoms with Crippen molar-refractivity contribution < 1.29 is 4.79 Å². The van der Waals surface area contributed by atoms with E-state index >= 15 is 0 Å². The molecule has 3 aromatic rings. The third-order valence-corrected chi connectivity index (χ3v) is 6.07. The van der Waals surface area contributed by atoms with Gasteiger partial charge in [0.2, 0.25) is 0 Å². The number of piperazine rings is 1. The van der Waals surface area contributed by atoms with Crippen LogP contribution in [0.2, 0.25) is 0 Å². The molecule has 0 N–H and O–H groups in total. The zero-order valence-corrected chi connectivity index (χ0v) is 16.3. The molecule has 4 nitrogen and oxygen atoms in total. The molecule has 1 aliphatic heterocycles. The summed E-state index contributed by atoms with van der Waals surface area (Å²) in [7, 11) is 0. The van der Waals surface area contributed by atoms with Crippen LogP contribution in [0.5, 0.6) is 0 Å². The van der Waals surface area contributed by atoms with E-state index in [9.17, 15) is 4.79 Å². The molecule has 0 radical (unpaired) electrons. The number of aromatic nitrogens is 1. The molecular formula is C19H18BrN3OS.